The van der Waals surface area contributed by atoms with Crippen LogP contribution in [-0.4, -0.2) is 34.0 Å². The zero-order valence-electron chi connectivity index (χ0n) is 12.5. The molecule has 0 saturated heterocycles. The lowest BCUT2D eigenvalue weighted by molar-refractivity contribution is -0.385. The monoisotopic (exact) mass is 324 g/mol. The maximum Gasteiger partial charge on any atom is 0.273 e. The number of nitro groups is 1. The number of ketones is 1. The molecule has 1 aliphatic rings. The van der Waals surface area contributed by atoms with E-state index in [0.29, 0.717) is 0 Å². The average molecular weight is 324 g/mol. The number of hydrogen-bond acceptors (Lipinski definition) is 5. The number of rotatable bonds is 5. The predicted octanol–water partition coefficient (Wildman–Crippen LogP) is 2.00. The number of Topliss-reactive ketones (excluding diaryl/α,β-unsaturated/α-hetero) is 1. The first kappa shape index (κ1) is 15.5. The molecule has 2 amide bonds. The molecule has 0 N–H and O–H groups in total. The first-order chi connectivity index (χ1) is 11.5. The van der Waals surface area contributed by atoms with Crippen LogP contribution in [-0.2, 0) is 11.2 Å². The smallest absolute Gasteiger partial charge is 0.273 e. The second-order valence-corrected chi connectivity index (χ2v) is 5.34. The number of fused-ring (bicyclic) bond motifs is 1. The van der Waals surface area contributed by atoms with E-state index in [0.717, 1.165) is 4.90 Å². The van der Waals surface area contributed by atoms with Crippen molar-refractivity contribution in [2.24, 2.45) is 0 Å². The normalized spacial score (nSPS) is 13.1. The highest BCUT2D eigenvalue weighted by molar-refractivity contribution is 6.22. The van der Waals surface area contributed by atoms with Gasteiger partial charge in [0.2, 0.25) is 0 Å². The zero-order valence-corrected chi connectivity index (χ0v) is 12.5. The summed E-state index contributed by atoms with van der Waals surface area (Å²) >= 11 is 0. The summed E-state index contributed by atoms with van der Waals surface area (Å²) in [4.78, 5) is 47.9. The van der Waals surface area contributed by atoms with E-state index in [2.05, 4.69) is 0 Å². The van der Waals surface area contributed by atoms with Gasteiger partial charge >= 0.3 is 0 Å². The molecule has 120 valence electrons. The SMILES string of the molecule is O=C(Cc1ccccc1[N+](=O)[O-])CN1C(=O)c2ccccc2C1=O. The maximum atomic E-state index is 12.2. The van der Waals surface area contributed by atoms with Crippen LogP contribution >= 0.6 is 0 Å². The van der Waals surface area contributed by atoms with Crippen molar-refractivity contribution in [3.05, 3.63) is 75.3 Å². The van der Waals surface area contributed by atoms with Crippen LogP contribution < -0.4 is 0 Å². The van der Waals surface area contributed by atoms with Gasteiger partial charge in [0.15, 0.2) is 5.78 Å². The number of nitrogens with zero attached hydrogens (tertiary/aromatic N) is 2. The number of benzene rings is 2. The first-order valence-electron chi connectivity index (χ1n) is 7.18. The van der Waals surface area contributed by atoms with Crippen molar-refractivity contribution in [1.29, 1.82) is 0 Å². The number of amides is 2. The third kappa shape index (κ3) is 2.67. The molecule has 0 aromatic heterocycles. The molecule has 7 heteroatoms. The van der Waals surface area contributed by atoms with Crippen molar-refractivity contribution in [2.45, 2.75) is 6.42 Å². The minimum atomic E-state index is -0.565. The number of nitro benzene ring substituents is 1. The van der Waals surface area contributed by atoms with E-state index in [1.54, 1.807) is 18.2 Å². The Balaban J connectivity index is 1.77. The molecule has 2 aromatic carbocycles. The van der Waals surface area contributed by atoms with Gasteiger partial charge in [-0.15, -0.1) is 0 Å². The molecule has 2 aromatic rings. The highest BCUT2D eigenvalue weighted by Gasteiger charge is 2.36. The third-order valence-electron chi connectivity index (χ3n) is 3.79. The van der Waals surface area contributed by atoms with Crippen LogP contribution in [0.4, 0.5) is 5.69 Å². The second kappa shape index (κ2) is 6.04. The summed E-state index contributed by atoms with van der Waals surface area (Å²) in [6, 6.07) is 12.2. The van der Waals surface area contributed by atoms with Gasteiger partial charge in [0, 0.05) is 18.1 Å². The van der Waals surface area contributed by atoms with Crippen LogP contribution in [0, 0.1) is 10.1 Å². The number of carbonyl (C=O) groups excluding carboxylic acids is 3. The van der Waals surface area contributed by atoms with Gasteiger partial charge in [0.05, 0.1) is 22.6 Å². The first-order valence-corrected chi connectivity index (χ1v) is 7.18. The molecule has 0 unspecified atom stereocenters. The summed E-state index contributed by atoms with van der Waals surface area (Å²) in [6.07, 6.45) is -0.218. The Morgan fingerprint density at radius 1 is 0.958 bits per heavy atom. The molecule has 1 aliphatic heterocycles. The van der Waals surface area contributed by atoms with Gasteiger partial charge in [-0.05, 0) is 12.1 Å². The quantitative estimate of drug-likeness (QED) is 0.476. The van der Waals surface area contributed by atoms with E-state index in [-0.39, 0.29) is 28.8 Å². The minimum Gasteiger partial charge on any atom is -0.297 e. The summed E-state index contributed by atoms with van der Waals surface area (Å²) in [7, 11) is 0. The molecule has 0 fully saturated rings. The van der Waals surface area contributed by atoms with E-state index in [1.165, 1.54) is 30.3 Å². The highest BCUT2D eigenvalue weighted by atomic mass is 16.6. The summed E-state index contributed by atoms with van der Waals surface area (Å²) in [5.74, 6) is -1.49. The van der Waals surface area contributed by atoms with Crippen LogP contribution in [0.1, 0.15) is 26.3 Å². The molecule has 3 rings (SSSR count). The Labute approximate surface area is 136 Å². The Morgan fingerprint density at radius 3 is 2.08 bits per heavy atom. The average Bonchev–Trinajstić information content (AvgIpc) is 2.80. The molecule has 0 bridgehead atoms. The molecule has 0 aliphatic carbocycles. The molecule has 1 heterocycles. The van der Waals surface area contributed by atoms with Crippen molar-refractivity contribution >= 4 is 23.3 Å². The largest absolute Gasteiger partial charge is 0.297 e. The van der Waals surface area contributed by atoms with E-state index in [9.17, 15) is 24.5 Å². The molecule has 24 heavy (non-hydrogen) atoms. The van der Waals surface area contributed by atoms with Gasteiger partial charge in [-0.2, -0.15) is 0 Å². The van der Waals surface area contributed by atoms with Gasteiger partial charge in [0.1, 0.15) is 0 Å². The Bertz CT molecular complexity index is 840. The highest BCUT2D eigenvalue weighted by Crippen LogP contribution is 2.23. The van der Waals surface area contributed by atoms with Gasteiger partial charge in [-0.3, -0.25) is 29.4 Å². The van der Waals surface area contributed by atoms with E-state index < -0.39 is 29.1 Å². The van der Waals surface area contributed by atoms with Crippen LogP contribution in [0.3, 0.4) is 0 Å². The zero-order chi connectivity index (χ0) is 17.3. The molecule has 0 radical (unpaired) electrons. The fourth-order valence-corrected chi connectivity index (χ4v) is 2.67. The molecular weight excluding hydrogens is 312 g/mol. The van der Waals surface area contributed by atoms with Gasteiger partial charge in [0.25, 0.3) is 17.5 Å². The lowest BCUT2D eigenvalue weighted by Gasteiger charge is -2.12. The van der Waals surface area contributed by atoms with E-state index in [1.807, 2.05) is 0 Å². The summed E-state index contributed by atoms with van der Waals surface area (Å²) < 4.78 is 0. The minimum absolute atomic E-state index is 0.159. The summed E-state index contributed by atoms with van der Waals surface area (Å²) in [5.41, 5.74) is 0.624. The van der Waals surface area contributed by atoms with Gasteiger partial charge < -0.3 is 0 Å². The van der Waals surface area contributed by atoms with Crippen molar-refractivity contribution in [3.8, 4) is 0 Å². The van der Waals surface area contributed by atoms with Crippen LogP contribution in [0.15, 0.2) is 48.5 Å². The van der Waals surface area contributed by atoms with E-state index in [4.69, 9.17) is 0 Å². The van der Waals surface area contributed by atoms with Crippen LogP contribution in [0.5, 0.6) is 0 Å². The molecule has 0 atom stereocenters. The Kier molecular flexibility index (Phi) is 3.91. The predicted molar refractivity (Wildman–Crippen MR) is 83.6 cm³/mol. The van der Waals surface area contributed by atoms with Crippen molar-refractivity contribution in [3.63, 3.8) is 0 Å². The fourth-order valence-electron chi connectivity index (χ4n) is 2.67. The van der Waals surface area contributed by atoms with Crippen molar-refractivity contribution in [1.82, 2.24) is 4.90 Å². The van der Waals surface area contributed by atoms with Crippen LogP contribution in [0.25, 0.3) is 0 Å². The standard InChI is InChI=1S/C17H12N2O5/c20-12(9-11-5-1-4-8-15(11)19(23)24)10-18-16(21)13-6-2-3-7-14(13)17(18)22/h1-8H,9-10H2. The Morgan fingerprint density at radius 2 is 1.50 bits per heavy atom. The topological polar surface area (TPSA) is 97.6 Å². The van der Waals surface area contributed by atoms with E-state index >= 15 is 0 Å². The summed E-state index contributed by atoms with van der Waals surface area (Å²) in [5, 5.41) is 11.0. The molecule has 0 saturated carbocycles. The third-order valence-corrected chi connectivity index (χ3v) is 3.79. The number of carbonyl (C=O) groups is 3. The summed E-state index contributed by atoms with van der Waals surface area (Å²) in [6.45, 7) is -0.404. The molecule has 7 nitrogen and oxygen atoms in total. The molecule has 0 spiro atoms. The van der Waals surface area contributed by atoms with Crippen molar-refractivity contribution in [2.75, 3.05) is 6.54 Å². The number of para-hydroxylation sites is 1. The van der Waals surface area contributed by atoms with Crippen molar-refractivity contribution < 1.29 is 19.3 Å². The number of imide groups is 1. The van der Waals surface area contributed by atoms with Gasteiger partial charge in [-0.25, -0.2) is 0 Å². The lowest BCUT2D eigenvalue weighted by atomic mass is 10.1. The van der Waals surface area contributed by atoms with Crippen LogP contribution in [0.2, 0.25) is 0 Å². The number of hydrogen-bond donors (Lipinski definition) is 0. The lowest BCUT2D eigenvalue weighted by Crippen LogP contribution is -2.35. The Hall–Kier alpha value is -3.35. The maximum absolute atomic E-state index is 12.2. The second-order valence-electron chi connectivity index (χ2n) is 5.34. The van der Waals surface area contributed by atoms with Gasteiger partial charge in [-0.1, -0.05) is 30.3 Å². The fraction of sp³-hybridized carbons (Fsp3) is 0.118. The molecular formula is C17H12N2O5.